The molecule has 0 amide bonds. The third kappa shape index (κ3) is 2.54. The molecule has 3 aliphatic rings. The van der Waals surface area contributed by atoms with Gasteiger partial charge in [-0.1, -0.05) is 19.9 Å². The second-order valence-electron chi connectivity index (χ2n) is 8.17. The van der Waals surface area contributed by atoms with Crippen molar-refractivity contribution >= 4 is 11.9 Å². The summed E-state index contributed by atoms with van der Waals surface area (Å²) in [5.74, 6) is -3.01. The molecule has 2 saturated carbocycles. The van der Waals surface area contributed by atoms with Gasteiger partial charge in [0.15, 0.2) is 0 Å². The third-order valence-corrected chi connectivity index (χ3v) is 6.97. The summed E-state index contributed by atoms with van der Waals surface area (Å²) < 4.78 is 11.2. The normalized spacial score (nSPS) is 42.9. The van der Waals surface area contributed by atoms with E-state index < -0.39 is 35.3 Å². The molecule has 6 atom stereocenters. The van der Waals surface area contributed by atoms with E-state index in [2.05, 4.69) is 0 Å². The van der Waals surface area contributed by atoms with Crippen molar-refractivity contribution in [1.29, 1.82) is 0 Å². The number of carbonyl (C=O) groups excluding carboxylic acids is 2. The van der Waals surface area contributed by atoms with Crippen LogP contribution in [0.1, 0.15) is 53.9 Å². The average Bonchev–Trinajstić information content (AvgIpc) is 2.81. The molecular weight excluding hydrogens is 336 g/mol. The van der Waals surface area contributed by atoms with Crippen LogP contribution in [0.15, 0.2) is 22.8 Å². The average molecular weight is 364 g/mol. The fourth-order valence-electron chi connectivity index (χ4n) is 4.88. The van der Waals surface area contributed by atoms with Gasteiger partial charge in [0.05, 0.1) is 11.7 Å². The second kappa shape index (κ2) is 6.20. The van der Waals surface area contributed by atoms with Crippen molar-refractivity contribution < 1.29 is 29.3 Å². The Bertz CT molecular complexity index is 707. The Kier molecular flexibility index (Phi) is 4.56. The number of hydrogen-bond donors (Lipinski definition) is 2. The lowest BCUT2D eigenvalue weighted by atomic mass is 9.51. The fourth-order valence-corrected chi connectivity index (χ4v) is 4.88. The predicted molar refractivity (Wildman–Crippen MR) is 93.7 cm³/mol. The van der Waals surface area contributed by atoms with Gasteiger partial charge < -0.3 is 19.7 Å². The number of carbonyl (C=O) groups is 2. The van der Waals surface area contributed by atoms with Gasteiger partial charge in [-0.3, -0.25) is 0 Å². The Morgan fingerprint density at radius 2 is 2.04 bits per heavy atom. The Morgan fingerprint density at radius 1 is 1.38 bits per heavy atom. The van der Waals surface area contributed by atoms with Crippen molar-refractivity contribution in [2.24, 2.45) is 17.3 Å². The first-order chi connectivity index (χ1) is 12.1. The molecule has 144 valence electrons. The maximum atomic E-state index is 12.5. The van der Waals surface area contributed by atoms with E-state index in [-0.39, 0.29) is 23.8 Å². The summed E-state index contributed by atoms with van der Waals surface area (Å²) in [4.78, 5) is 24.7. The zero-order chi connectivity index (χ0) is 19.4. The zero-order valence-electron chi connectivity index (χ0n) is 16.0. The molecule has 0 bridgehead atoms. The van der Waals surface area contributed by atoms with E-state index in [1.807, 2.05) is 13.8 Å². The van der Waals surface area contributed by atoms with Crippen molar-refractivity contribution in [3.05, 3.63) is 22.8 Å². The lowest BCUT2D eigenvalue weighted by Crippen LogP contribution is -2.61. The van der Waals surface area contributed by atoms with Crippen LogP contribution in [0.3, 0.4) is 0 Å². The summed E-state index contributed by atoms with van der Waals surface area (Å²) in [6.45, 7) is 8.92. The first-order valence-electron chi connectivity index (χ1n) is 9.25. The number of aliphatic hydroxyl groups excluding tert-OH is 1. The highest BCUT2D eigenvalue weighted by molar-refractivity contribution is 5.93. The number of allylic oxidation sites excluding steroid dienone is 1. The van der Waals surface area contributed by atoms with E-state index in [0.29, 0.717) is 24.0 Å². The molecule has 0 saturated heterocycles. The minimum atomic E-state index is -1.73. The summed E-state index contributed by atoms with van der Waals surface area (Å²) >= 11 is 0. The van der Waals surface area contributed by atoms with Gasteiger partial charge in [0, 0.05) is 23.0 Å². The van der Waals surface area contributed by atoms with Crippen LogP contribution in [0.5, 0.6) is 0 Å². The van der Waals surface area contributed by atoms with E-state index in [9.17, 15) is 19.8 Å². The number of hydrogen-bond acceptors (Lipinski definition) is 6. The highest BCUT2D eigenvalue weighted by atomic mass is 16.7. The standard InChI is InChI=1S/C20H28O6/c1-6-10(2)17(22)25-16-15-11(3)18(23)26-20(15,24)9-13-7-8-14(21)12(4)19(13,16)5/h6,12-14,16,21,24H,7-9H2,1-5H3/b10-6+/t12-,13+,14-,16+,19+,20+/m0/s1. The molecule has 1 aliphatic heterocycles. The van der Waals surface area contributed by atoms with Crippen molar-refractivity contribution in [2.75, 3.05) is 0 Å². The van der Waals surface area contributed by atoms with Crippen molar-refractivity contribution in [2.45, 2.75) is 71.9 Å². The maximum absolute atomic E-state index is 12.5. The van der Waals surface area contributed by atoms with E-state index in [4.69, 9.17) is 9.47 Å². The van der Waals surface area contributed by atoms with E-state index in [1.165, 1.54) is 0 Å². The van der Waals surface area contributed by atoms with Crippen LogP contribution >= 0.6 is 0 Å². The van der Waals surface area contributed by atoms with Gasteiger partial charge >= 0.3 is 11.9 Å². The van der Waals surface area contributed by atoms with Gasteiger partial charge in [0.2, 0.25) is 5.79 Å². The number of rotatable bonds is 2. The van der Waals surface area contributed by atoms with Gasteiger partial charge in [-0.05, 0) is 45.4 Å². The zero-order valence-corrected chi connectivity index (χ0v) is 16.0. The summed E-state index contributed by atoms with van der Waals surface area (Å²) in [6, 6.07) is 0. The van der Waals surface area contributed by atoms with Crippen LogP contribution in [-0.4, -0.2) is 40.1 Å². The van der Waals surface area contributed by atoms with E-state index in [1.54, 1.807) is 26.8 Å². The molecule has 0 aromatic rings. The Hall–Kier alpha value is -1.66. The van der Waals surface area contributed by atoms with Crippen LogP contribution in [0.25, 0.3) is 0 Å². The number of aliphatic hydroxyl groups is 2. The van der Waals surface area contributed by atoms with Gasteiger partial charge in [-0.15, -0.1) is 0 Å². The molecule has 1 heterocycles. The second-order valence-corrected chi connectivity index (χ2v) is 8.17. The minimum absolute atomic E-state index is 0.0444. The molecule has 3 rings (SSSR count). The smallest absolute Gasteiger partial charge is 0.336 e. The molecule has 0 aromatic heterocycles. The fraction of sp³-hybridized carbons (Fsp3) is 0.700. The minimum Gasteiger partial charge on any atom is -0.454 e. The Labute approximate surface area is 153 Å². The summed E-state index contributed by atoms with van der Waals surface area (Å²) in [7, 11) is 0. The first-order valence-corrected chi connectivity index (χ1v) is 9.25. The molecule has 0 spiro atoms. The molecule has 6 nitrogen and oxygen atoms in total. The molecule has 2 fully saturated rings. The third-order valence-electron chi connectivity index (χ3n) is 6.97. The monoisotopic (exact) mass is 364 g/mol. The Morgan fingerprint density at radius 3 is 2.65 bits per heavy atom. The largest absolute Gasteiger partial charge is 0.454 e. The van der Waals surface area contributed by atoms with Crippen LogP contribution in [0, 0.1) is 17.3 Å². The van der Waals surface area contributed by atoms with Crippen molar-refractivity contribution in [3.8, 4) is 0 Å². The molecule has 0 aromatic carbocycles. The predicted octanol–water partition coefficient (Wildman–Crippen LogP) is 2.24. The van der Waals surface area contributed by atoms with Gasteiger partial charge in [0.25, 0.3) is 0 Å². The van der Waals surface area contributed by atoms with Crippen LogP contribution in [0.2, 0.25) is 0 Å². The van der Waals surface area contributed by atoms with E-state index in [0.717, 1.165) is 0 Å². The molecule has 2 aliphatic carbocycles. The molecule has 0 unspecified atom stereocenters. The summed E-state index contributed by atoms with van der Waals surface area (Å²) in [5, 5.41) is 21.6. The topological polar surface area (TPSA) is 93.1 Å². The van der Waals surface area contributed by atoms with Crippen LogP contribution in [0.4, 0.5) is 0 Å². The summed E-state index contributed by atoms with van der Waals surface area (Å²) in [6.07, 6.45) is 1.85. The Balaban J connectivity index is 2.14. The van der Waals surface area contributed by atoms with Crippen LogP contribution < -0.4 is 0 Å². The molecule has 6 heteroatoms. The first kappa shape index (κ1) is 19.1. The van der Waals surface area contributed by atoms with E-state index >= 15 is 0 Å². The summed E-state index contributed by atoms with van der Waals surface area (Å²) in [5.41, 5.74) is 0.472. The molecule has 0 radical (unpaired) electrons. The quantitative estimate of drug-likeness (QED) is 0.577. The lowest BCUT2D eigenvalue weighted by molar-refractivity contribution is -0.232. The number of ether oxygens (including phenoxy) is 2. The van der Waals surface area contributed by atoms with Gasteiger partial charge in [-0.25, -0.2) is 9.59 Å². The number of esters is 2. The maximum Gasteiger partial charge on any atom is 0.336 e. The van der Waals surface area contributed by atoms with Crippen molar-refractivity contribution in [3.63, 3.8) is 0 Å². The molecule has 2 N–H and O–H groups in total. The molecular formula is C20H28O6. The van der Waals surface area contributed by atoms with Gasteiger partial charge in [-0.2, -0.15) is 0 Å². The van der Waals surface area contributed by atoms with Crippen LogP contribution in [-0.2, 0) is 19.1 Å². The number of fused-ring (bicyclic) bond motifs is 2. The highest BCUT2D eigenvalue weighted by Gasteiger charge is 2.65. The SMILES string of the molecule is C/C=C(\C)C(=O)O[C@@H]1C2=C(C)C(=O)O[C@]2(O)C[C@H]2CC[C@H](O)[C@H](C)[C@]21C. The highest BCUT2D eigenvalue weighted by Crippen LogP contribution is 2.60. The lowest BCUT2D eigenvalue weighted by Gasteiger charge is -2.57. The van der Waals surface area contributed by atoms with Crippen molar-refractivity contribution in [1.82, 2.24) is 0 Å². The van der Waals surface area contributed by atoms with Gasteiger partial charge in [0.1, 0.15) is 6.10 Å². The molecule has 26 heavy (non-hydrogen) atoms.